The Morgan fingerprint density at radius 2 is 2.05 bits per heavy atom. The molecule has 1 aliphatic rings. The number of hydrogen-bond donors (Lipinski definition) is 1. The summed E-state index contributed by atoms with van der Waals surface area (Å²) in [7, 11) is 1.81. The number of aryl methyl sites for hydroxylation is 1. The minimum atomic E-state index is -0.599. The van der Waals surface area contributed by atoms with Gasteiger partial charge in [-0.3, -0.25) is 4.79 Å². The Morgan fingerprint density at radius 3 is 2.58 bits per heavy atom. The molecular formula is C15H22N2O2. The molecule has 0 spiro atoms. The largest absolute Gasteiger partial charge is 0.376 e. The summed E-state index contributed by atoms with van der Waals surface area (Å²) in [5, 5.41) is 0. The van der Waals surface area contributed by atoms with Crippen molar-refractivity contribution in [3.05, 3.63) is 35.4 Å². The monoisotopic (exact) mass is 262 g/mol. The number of nitrogens with two attached hydrogens (primary N) is 1. The zero-order valence-corrected chi connectivity index (χ0v) is 11.8. The van der Waals surface area contributed by atoms with Gasteiger partial charge in [-0.25, -0.2) is 0 Å². The molecular weight excluding hydrogens is 240 g/mol. The first kappa shape index (κ1) is 14.0. The molecule has 0 aliphatic carbocycles. The number of likely N-dealkylation sites (N-methyl/N-ethyl adjacent to an activating group) is 1. The molecule has 1 aromatic rings. The number of carbonyl (C=O) groups is 1. The van der Waals surface area contributed by atoms with E-state index in [-0.39, 0.29) is 18.1 Å². The first-order valence-electron chi connectivity index (χ1n) is 6.71. The van der Waals surface area contributed by atoms with Crippen LogP contribution in [-0.2, 0) is 9.53 Å². The standard InChI is InChI=1S/C15H22N2O2/c1-10-4-6-12(7-5-10)14(16)15(18)17(3)13-8-9-19-11(13)2/h4-7,11,13-14H,8-9,16H2,1-3H3. The van der Waals surface area contributed by atoms with Crippen LogP contribution in [-0.4, -0.2) is 36.6 Å². The van der Waals surface area contributed by atoms with Crippen molar-refractivity contribution in [3.8, 4) is 0 Å². The van der Waals surface area contributed by atoms with Gasteiger partial charge in [0.25, 0.3) is 0 Å². The Labute approximate surface area is 114 Å². The first-order chi connectivity index (χ1) is 9.00. The molecule has 1 aromatic carbocycles. The molecule has 1 heterocycles. The third kappa shape index (κ3) is 2.96. The average molecular weight is 262 g/mol. The molecule has 0 radical (unpaired) electrons. The van der Waals surface area contributed by atoms with E-state index in [0.29, 0.717) is 6.61 Å². The van der Waals surface area contributed by atoms with Gasteiger partial charge >= 0.3 is 0 Å². The van der Waals surface area contributed by atoms with Crippen molar-refractivity contribution in [3.63, 3.8) is 0 Å². The van der Waals surface area contributed by atoms with Gasteiger partial charge in [0.1, 0.15) is 6.04 Å². The highest BCUT2D eigenvalue weighted by Crippen LogP contribution is 2.21. The fourth-order valence-corrected chi connectivity index (χ4v) is 2.53. The minimum absolute atomic E-state index is 0.0498. The lowest BCUT2D eigenvalue weighted by Gasteiger charge is -2.29. The van der Waals surface area contributed by atoms with Gasteiger partial charge in [0.2, 0.25) is 5.91 Å². The first-order valence-corrected chi connectivity index (χ1v) is 6.71. The summed E-state index contributed by atoms with van der Waals surface area (Å²) in [6.07, 6.45) is 0.962. The van der Waals surface area contributed by atoms with Gasteiger partial charge in [-0.1, -0.05) is 29.8 Å². The van der Waals surface area contributed by atoms with E-state index in [1.165, 1.54) is 0 Å². The molecule has 1 saturated heterocycles. The molecule has 4 nitrogen and oxygen atoms in total. The van der Waals surface area contributed by atoms with Crippen LogP contribution in [0.5, 0.6) is 0 Å². The Hall–Kier alpha value is -1.39. The van der Waals surface area contributed by atoms with Crippen molar-refractivity contribution in [1.82, 2.24) is 4.90 Å². The van der Waals surface area contributed by atoms with Gasteiger partial charge in [0.05, 0.1) is 12.1 Å². The highest BCUT2D eigenvalue weighted by atomic mass is 16.5. The van der Waals surface area contributed by atoms with E-state index in [2.05, 4.69) is 0 Å². The number of benzene rings is 1. The minimum Gasteiger partial charge on any atom is -0.376 e. The maximum Gasteiger partial charge on any atom is 0.244 e. The molecule has 0 saturated carbocycles. The van der Waals surface area contributed by atoms with Gasteiger partial charge < -0.3 is 15.4 Å². The number of hydrogen-bond acceptors (Lipinski definition) is 3. The van der Waals surface area contributed by atoms with Crippen LogP contribution in [0.25, 0.3) is 0 Å². The topological polar surface area (TPSA) is 55.6 Å². The molecule has 2 N–H and O–H groups in total. The quantitative estimate of drug-likeness (QED) is 0.900. The summed E-state index contributed by atoms with van der Waals surface area (Å²) < 4.78 is 5.50. The van der Waals surface area contributed by atoms with Gasteiger partial charge in [-0.05, 0) is 25.8 Å². The molecule has 1 aliphatic heterocycles. The molecule has 2 rings (SSSR count). The molecule has 0 aromatic heterocycles. The van der Waals surface area contributed by atoms with E-state index >= 15 is 0 Å². The molecule has 1 fully saturated rings. The van der Waals surface area contributed by atoms with Gasteiger partial charge in [-0.15, -0.1) is 0 Å². The maximum atomic E-state index is 12.4. The summed E-state index contributed by atoms with van der Waals surface area (Å²) in [6.45, 7) is 4.73. The highest BCUT2D eigenvalue weighted by Gasteiger charge is 2.32. The van der Waals surface area contributed by atoms with Crippen LogP contribution < -0.4 is 5.73 Å². The van der Waals surface area contributed by atoms with E-state index in [0.717, 1.165) is 17.5 Å². The van der Waals surface area contributed by atoms with Crippen molar-refractivity contribution in [2.45, 2.75) is 38.5 Å². The third-order valence-electron chi connectivity index (χ3n) is 3.88. The predicted octanol–water partition coefficient (Wildman–Crippen LogP) is 1.63. The average Bonchev–Trinajstić information content (AvgIpc) is 2.83. The summed E-state index contributed by atoms with van der Waals surface area (Å²) >= 11 is 0. The van der Waals surface area contributed by atoms with Gasteiger partial charge in [0, 0.05) is 13.7 Å². The van der Waals surface area contributed by atoms with E-state index in [4.69, 9.17) is 10.5 Å². The van der Waals surface area contributed by atoms with Crippen LogP contribution >= 0.6 is 0 Å². The highest BCUT2D eigenvalue weighted by molar-refractivity contribution is 5.83. The summed E-state index contributed by atoms with van der Waals surface area (Å²) in [6, 6.07) is 7.32. The van der Waals surface area contributed by atoms with Crippen LogP contribution in [0, 0.1) is 6.92 Å². The predicted molar refractivity (Wildman–Crippen MR) is 74.7 cm³/mol. The van der Waals surface area contributed by atoms with E-state index < -0.39 is 6.04 Å². The lowest BCUT2D eigenvalue weighted by molar-refractivity contribution is -0.134. The Bertz CT molecular complexity index is 444. The van der Waals surface area contributed by atoms with Gasteiger partial charge in [0.15, 0.2) is 0 Å². The zero-order chi connectivity index (χ0) is 14.0. The fourth-order valence-electron chi connectivity index (χ4n) is 2.53. The molecule has 0 bridgehead atoms. The van der Waals surface area contributed by atoms with Crippen molar-refractivity contribution < 1.29 is 9.53 Å². The molecule has 1 amide bonds. The van der Waals surface area contributed by atoms with Crippen molar-refractivity contribution in [2.75, 3.05) is 13.7 Å². The second-order valence-electron chi connectivity index (χ2n) is 5.27. The molecule has 3 unspecified atom stereocenters. The van der Waals surface area contributed by atoms with E-state index in [1.807, 2.05) is 45.2 Å². The SMILES string of the molecule is Cc1ccc(C(N)C(=O)N(C)C2CCOC2C)cc1. The van der Waals surface area contributed by atoms with Crippen LogP contribution in [0.15, 0.2) is 24.3 Å². The second-order valence-corrected chi connectivity index (χ2v) is 5.27. The molecule has 19 heavy (non-hydrogen) atoms. The summed E-state index contributed by atoms with van der Waals surface area (Å²) in [5.74, 6) is -0.0498. The third-order valence-corrected chi connectivity index (χ3v) is 3.88. The Balaban J connectivity index is 2.08. The normalized spacial score (nSPS) is 24.2. The lowest BCUT2D eigenvalue weighted by atomic mass is 10.0. The van der Waals surface area contributed by atoms with Gasteiger partial charge in [-0.2, -0.15) is 0 Å². The smallest absolute Gasteiger partial charge is 0.244 e. The number of ether oxygens (including phenoxy) is 1. The Kier molecular flexibility index (Phi) is 4.22. The Morgan fingerprint density at radius 1 is 1.42 bits per heavy atom. The summed E-state index contributed by atoms with van der Waals surface area (Å²) in [4.78, 5) is 14.1. The molecule has 4 heteroatoms. The fraction of sp³-hybridized carbons (Fsp3) is 0.533. The molecule has 3 atom stereocenters. The van der Waals surface area contributed by atoms with Crippen molar-refractivity contribution >= 4 is 5.91 Å². The lowest BCUT2D eigenvalue weighted by Crippen LogP contribution is -2.45. The number of rotatable bonds is 3. The summed E-state index contributed by atoms with van der Waals surface area (Å²) in [5.41, 5.74) is 8.09. The van der Waals surface area contributed by atoms with E-state index in [1.54, 1.807) is 4.90 Å². The van der Waals surface area contributed by atoms with Crippen LogP contribution in [0.2, 0.25) is 0 Å². The van der Waals surface area contributed by atoms with Crippen LogP contribution in [0.4, 0.5) is 0 Å². The number of nitrogens with zero attached hydrogens (tertiary/aromatic N) is 1. The van der Waals surface area contributed by atoms with Crippen molar-refractivity contribution in [1.29, 1.82) is 0 Å². The number of carbonyl (C=O) groups excluding carboxylic acids is 1. The van der Waals surface area contributed by atoms with Crippen LogP contribution in [0.3, 0.4) is 0 Å². The molecule has 104 valence electrons. The maximum absolute atomic E-state index is 12.4. The zero-order valence-electron chi connectivity index (χ0n) is 11.8. The van der Waals surface area contributed by atoms with Crippen LogP contribution in [0.1, 0.15) is 30.5 Å². The second kappa shape index (κ2) is 5.72. The van der Waals surface area contributed by atoms with E-state index in [9.17, 15) is 4.79 Å². The van der Waals surface area contributed by atoms with Crippen molar-refractivity contribution in [2.24, 2.45) is 5.73 Å². The number of amides is 1.